The van der Waals surface area contributed by atoms with Crippen molar-refractivity contribution in [1.82, 2.24) is 0 Å². The second-order valence-electron chi connectivity index (χ2n) is 3.36. The summed E-state index contributed by atoms with van der Waals surface area (Å²) in [6.45, 7) is 1.83. The fourth-order valence-electron chi connectivity index (χ4n) is 1.03. The molecule has 0 rings (SSSR count). The van der Waals surface area contributed by atoms with Crippen LogP contribution in [0, 0.1) is 12.3 Å². The van der Waals surface area contributed by atoms with E-state index in [0.29, 0.717) is 32.3 Å². The zero-order valence-electron chi connectivity index (χ0n) is 9.98. The van der Waals surface area contributed by atoms with Gasteiger partial charge in [0.05, 0.1) is 12.4 Å². The predicted molar refractivity (Wildman–Crippen MR) is 63.7 cm³/mol. The van der Waals surface area contributed by atoms with E-state index >= 15 is 0 Å². The van der Waals surface area contributed by atoms with Gasteiger partial charge in [0.25, 0.3) is 10.1 Å². The Bertz CT molecular complexity index is 353. The van der Waals surface area contributed by atoms with E-state index in [1.54, 1.807) is 6.92 Å². The Morgan fingerprint density at radius 3 is 2.59 bits per heavy atom. The normalized spacial score (nSPS) is 10.8. The second-order valence-corrected chi connectivity index (χ2v) is 5.12. The molecule has 0 aromatic rings. The summed E-state index contributed by atoms with van der Waals surface area (Å²) in [5.74, 6) is 1.79. The van der Waals surface area contributed by atoms with Crippen LogP contribution in [-0.2, 0) is 23.8 Å². The second kappa shape index (κ2) is 9.02. The molecule has 0 saturated carbocycles. The number of terminal acetylenes is 1. The Morgan fingerprint density at radius 2 is 2.00 bits per heavy atom. The number of unbranched alkanes of at least 4 members (excludes halogenated alkanes) is 2. The Labute approximate surface area is 103 Å². The van der Waals surface area contributed by atoms with Crippen molar-refractivity contribution in [3.8, 4) is 12.3 Å². The van der Waals surface area contributed by atoms with Crippen molar-refractivity contribution < 1.29 is 22.1 Å². The zero-order valence-corrected chi connectivity index (χ0v) is 10.8. The lowest BCUT2D eigenvalue weighted by Crippen LogP contribution is -2.11. The molecule has 0 N–H and O–H groups in total. The third-order valence-corrected chi connectivity index (χ3v) is 3.18. The van der Waals surface area contributed by atoms with Gasteiger partial charge in [-0.2, -0.15) is 8.42 Å². The first-order valence-electron chi connectivity index (χ1n) is 5.48. The van der Waals surface area contributed by atoms with Crippen molar-refractivity contribution in [3.63, 3.8) is 0 Å². The SMILES string of the molecule is C#CCOS(=O)(=O)CCCCCOC(=O)CC. The average molecular weight is 262 g/mol. The molecule has 0 amide bonds. The summed E-state index contributed by atoms with van der Waals surface area (Å²) in [5.41, 5.74) is 0. The highest BCUT2D eigenvalue weighted by Gasteiger charge is 2.09. The molecule has 0 unspecified atom stereocenters. The maximum absolute atomic E-state index is 11.2. The monoisotopic (exact) mass is 262 g/mol. The molecule has 0 spiro atoms. The van der Waals surface area contributed by atoms with Crippen LogP contribution in [0.15, 0.2) is 0 Å². The van der Waals surface area contributed by atoms with E-state index < -0.39 is 10.1 Å². The van der Waals surface area contributed by atoms with Crippen LogP contribution in [0.25, 0.3) is 0 Å². The van der Waals surface area contributed by atoms with Crippen LogP contribution in [0.5, 0.6) is 0 Å². The minimum absolute atomic E-state index is 0.0591. The average Bonchev–Trinajstić information content (AvgIpc) is 2.30. The van der Waals surface area contributed by atoms with Crippen molar-refractivity contribution in [2.24, 2.45) is 0 Å². The van der Waals surface area contributed by atoms with Crippen molar-refractivity contribution in [3.05, 3.63) is 0 Å². The van der Waals surface area contributed by atoms with Gasteiger partial charge in [0.1, 0.15) is 6.61 Å². The van der Waals surface area contributed by atoms with Gasteiger partial charge in [-0.3, -0.25) is 8.98 Å². The lowest BCUT2D eigenvalue weighted by atomic mass is 10.3. The van der Waals surface area contributed by atoms with Crippen molar-refractivity contribution in [2.75, 3.05) is 19.0 Å². The highest BCUT2D eigenvalue weighted by atomic mass is 32.2. The van der Waals surface area contributed by atoms with Crippen LogP contribution < -0.4 is 0 Å². The molecular formula is C11H18O5S. The molecule has 0 aromatic heterocycles. The third kappa shape index (κ3) is 9.85. The van der Waals surface area contributed by atoms with E-state index in [1.807, 2.05) is 0 Å². The first-order valence-corrected chi connectivity index (χ1v) is 7.05. The lowest BCUT2D eigenvalue weighted by molar-refractivity contribution is -0.143. The van der Waals surface area contributed by atoms with E-state index in [2.05, 4.69) is 10.1 Å². The van der Waals surface area contributed by atoms with Gasteiger partial charge in [-0.05, 0) is 19.3 Å². The molecule has 17 heavy (non-hydrogen) atoms. The minimum atomic E-state index is -3.50. The van der Waals surface area contributed by atoms with E-state index in [9.17, 15) is 13.2 Å². The number of carbonyl (C=O) groups is 1. The summed E-state index contributed by atoms with van der Waals surface area (Å²) in [5, 5.41) is 0. The summed E-state index contributed by atoms with van der Waals surface area (Å²) in [6.07, 6.45) is 7.02. The maximum atomic E-state index is 11.2. The molecule has 5 nitrogen and oxygen atoms in total. The van der Waals surface area contributed by atoms with Gasteiger partial charge in [0, 0.05) is 6.42 Å². The van der Waals surface area contributed by atoms with Crippen LogP contribution in [-0.4, -0.2) is 33.4 Å². The zero-order chi connectivity index (χ0) is 13.1. The van der Waals surface area contributed by atoms with Crippen LogP contribution >= 0.6 is 0 Å². The molecule has 0 saturated heterocycles. The number of hydrogen-bond donors (Lipinski definition) is 0. The van der Waals surface area contributed by atoms with Gasteiger partial charge in [0.2, 0.25) is 0 Å². The van der Waals surface area contributed by atoms with Crippen molar-refractivity contribution in [1.29, 1.82) is 0 Å². The Morgan fingerprint density at radius 1 is 1.29 bits per heavy atom. The van der Waals surface area contributed by atoms with Gasteiger partial charge >= 0.3 is 5.97 Å². The standard InChI is InChI=1S/C11H18O5S/c1-3-8-16-17(13,14)10-7-5-6-9-15-11(12)4-2/h1H,4-10H2,2H3. The molecular weight excluding hydrogens is 244 g/mol. The first kappa shape index (κ1) is 15.9. The fraction of sp³-hybridized carbons (Fsp3) is 0.727. The van der Waals surface area contributed by atoms with Crippen LogP contribution in [0.3, 0.4) is 0 Å². The first-order chi connectivity index (χ1) is 8.02. The molecule has 0 aromatic carbocycles. The number of hydrogen-bond acceptors (Lipinski definition) is 5. The Kier molecular flexibility index (Phi) is 8.46. The topological polar surface area (TPSA) is 69.7 Å². The van der Waals surface area contributed by atoms with E-state index in [0.717, 1.165) is 0 Å². The molecule has 0 fully saturated rings. The molecule has 0 bridgehead atoms. The molecule has 0 aliphatic carbocycles. The number of carbonyl (C=O) groups excluding carboxylic acids is 1. The lowest BCUT2D eigenvalue weighted by Gasteiger charge is -2.04. The molecule has 0 radical (unpaired) electrons. The molecule has 0 heterocycles. The van der Waals surface area contributed by atoms with Gasteiger partial charge < -0.3 is 4.74 Å². The summed E-state index contributed by atoms with van der Waals surface area (Å²) in [6, 6.07) is 0. The predicted octanol–water partition coefficient (Wildman–Crippen LogP) is 1.09. The third-order valence-electron chi connectivity index (χ3n) is 1.91. The van der Waals surface area contributed by atoms with Crippen LogP contribution in [0.2, 0.25) is 0 Å². The molecule has 0 atom stereocenters. The molecule has 6 heteroatoms. The summed E-state index contributed by atoms with van der Waals surface area (Å²) in [4.78, 5) is 10.8. The minimum Gasteiger partial charge on any atom is -0.466 e. The Hall–Kier alpha value is -1.06. The fourth-order valence-corrected chi connectivity index (χ4v) is 1.95. The number of esters is 1. The van der Waals surface area contributed by atoms with E-state index in [1.165, 1.54) is 0 Å². The highest BCUT2D eigenvalue weighted by molar-refractivity contribution is 7.86. The van der Waals surface area contributed by atoms with E-state index in [-0.39, 0.29) is 18.3 Å². The van der Waals surface area contributed by atoms with Crippen molar-refractivity contribution >= 4 is 16.1 Å². The highest BCUT2D eigenvalue weighted by Crippen LogP contribution is 2.02. The van der Waals surface area contributed by atoms with Gasteiger partial charge in [-0.1, -0.05) is 12.8 Å². The van der Waals surface area contributed by atoms with Crippen molar-refractivity contribution in [2.45, 2.75) is 32.6 Å². The van der Waals surface area contributed by atoms with Crippen LogP contribution in [0.1, 0.15) is 32.6 Å². The smallest absolute Gasteiger partial charge is 0.305 e. The summed E-state index contributed by atoms with van der Waals surface area (Å²) in [7, 11) is -3.50. The van der Waals surface area contributed by atoms with Crippen LogP contribution in [0.4, 0.5) is 0 Å². The maximum Gasteiger partial charge on any atom is 0.305 e. The van der Waals surface area contributed by atoms with Gasteiger partial charge in [-0.25, -0.2) is 0 Å². The number of ether oxygens (including phenoxy) is 1. The molecule has 98 valence electrons. The van der Waals surface area contributed by atoms with Gasteiger partial charge in [-0.15, -0.1) is 6.42 Å². The quantitative estimate of drug-likeness (QED) is 0.269. The van der Waals surface area contributed by atoms with Gasteiger partial charge in [0.15, 0.2) is 0 Å². The largest absolute Gasteiger partial charge is 0.466 e. The Balaban J connectivity index is 3.52. The van der Waals surface area contributed by atoms with E-state index in [4.69, 9.17) is 11.2 Å². The molecule has 0 aliphatic heterocycles. The summed E-state index contributed by atoms with van der Waals surface area (Å²) < 4.78 is 31.7. The summed E-state index contributed by atoms with van der Waals surface area (Å²) >= 11 is 0. The number of rotatable bonds is 9. The molecule has 0 aliphatic rings.